The second kappa shape index (κ2) is 7.78. The van der Waals surface area contributed by atoms with Crippen LogP contribution in [0.3, 0.4) is 0 Å². The number of hydrogen-bond acceptors (Lipinski definition) is 5. The van der Waals surface area contributed by atoms with E-state index in [1.807, 2.05) is 0 Å². The number of amides is 1. The summed E-state index contributed by atoms with van der Waals surface area (Å²) in [5.41, 5.74) is 2.89. The van der Waals surface area contributed by atoms with Crippen LogP contribution in [0.25, 0.3) is 0 Å². The number of carbonyl (C=O) groups is 3. The van der Waals surface area contributed by atoms with Gasteiger partial charge in [0.1, 0.15) is 0 Å². The van der Waals surface area contributed by atoms with E-state index < -0.39 is 29.7 Å². The molecule has 1 aromatic rings. The first-order chi connectivity index (χ1) is 13.2. The third kappa shape index (κ3) is 3.81. The highest BCUT2D eigenvalue weighted by Crippen LogP contribution is 2.49. The zero-order valence-corrected chi connectivity index (χ0v) is 16.5. The lowest BCUT2D eigenvalue weighted by atomic mass is 9.63. The lowest BCUT2D eigenvalue weighted by Crippen LogP contribution is -2.45. The highest BCUT2D eigenvalue weighted by molar-refractivity contribution is 6.02. The number of aliphatic carboxylic acids is 1. The Bertz CT molecular complexity index is 839. The molecule has 0 heterocycles. The molecule has 2 aliphatic carbocycles. The zero-order chi connectivity index (χ0) is 20.5. The molecule has 1 aromatic carbocycles. The molecule has 6 heteroatoms. The van der Waals surface area contributed by atoms with Crippen molar-refractivity contribution in [3.05, 3.63) is 41.0 Å². The average molecular weight is 384 g/mol. The van der Waals surface area contributed by atoms with E-state index in [0.29, 0.717) is 18.5 Å². The SMILES string of the molecule is COC(=O)c1ccccc1NC(=O)C1CC2=C(CCCC2(C)C)CC1C(=O)[O-]. The molecule has 0 saturated carbocycles. The molecule has 0 bridgehead atoms. The van der Waals surface area contributed by atoms with Gasteiger partial charge < -0.3 is 20.0 Å². The van der Waals surface area contributed by atoms with Gasteiger partial charge in [-0.3, -0.25) is 4.79 Å². The van der Waals surface area contributed by atoms with Crippen LogP contribution in [0.4, 0.5) is 5.69 Å². The minimum Gasteiger partial charge on any atom is -0.550 e. The first-order valence-electron chi connectivity index (χ1n) is 9.65. The van der Waals surface area contributed by atoms with Gasteiger partial charge in [0, 0.05) is 11.9 Å². The van der Waals surface area contributed by atoms with E-state index in [0.717, 1.165) is 19.3 Å². The van der Waals surface area contributed by atoms with Crippen LogP contribution in [0.2, 0.25) is 0 Å². The van der Waals surface area contributed by atoms with Crippen molar-refractivity contribution in [2.24, 2.45) is 17.3 Å². The zero-order valence-electron chi connectivity index (χ0n) is 16.5. The Morgan fingerprint density at radius 1 is 1.14 bits per heavy atom. The smallest absolute Gasteiger partial charge is 0.339 e. The summed E-state index contributed by atoms with van der Waals surface area (Å²) in [7, 11) is 1.27. The van der Waals surface area contributed by atoms with E-state index in [9.17, 15) is 19.5 Å². The van der Waals surface area contributed by atoms with E-state index in [4.69, 9.17) is 4.74 Å². The van der Waals surface area contributed by atoms with Crippen LogP contribution in [0, 0.1) is 17.3 Å². The predicted molar refractivity (Wildman–Crippen MR) is 102 cm³/mol. The van der Waals surface area contributed by atoms with E-state index in [1.165, 1.54) is 18.3 Å². The molecular weight excluding hydrogens is 358 g/mol. The normalized spacial score (nSPS) is 23.5. The fraction of sp³-hybridized carbons (Fsp3) is 0.500. The van der Waals surface area contributed by atoms with Gasteiger partial charge in [0.2, 0.25) is 5.91 Å². The van der Waals surface area contributed by atoms with Gasteiger partial charge in [0.15, 0.2) is 0 Å². The Morgan fingerprint density at radius 3 is 2.54 bits per heavy atom. The van der Waals surface area contributed by atoms with Gasteiger partial charge in [0.25, 0.3) is 0 Å². The van der Waals surface area contributed by atoms with Crippen LogP contribution in [0.5, 0.6) is 0 Å². The molecule has 3 rings (SSSR count). The van der Waals surface area contributed by atoms with Gasteiger partial charge in [-0.05, 0) is 49.7 Å². The van der Waals surface area contributed by atoms with Gasteiger partial charge in [-0.15, -0.1) is 0 Å². The lowest BCUT2D eigenvalue weighted by Gasteiger charge is -2.43. The number of rotatable bonds is 4. The van der Waals surface area contributed by atoms with Crippen molar-refractivity contribution in [2.75, 3.05) is 12.4 Å². The van der Waals surface area contributed by atoms with Crippen LogP contribution in [-0.4, -0.2) is 25.0 Å². The number of benzene rings is 1. The first-order valence-corrected chi connectivity index (χ1v) is 9.65. The van der Waals surface area contributed by atoms with E-state index >= 15 is 0 Å². The summed E-state index contributed by atoms with van der Waals surface area (Å²) in [5, 5.41) is 14.5. The number of carbonyl (C=O) groups excluding carboxylic acids is 3. The molecule has 1 amide bonds. The molecule has 0 saturated heterocycles. The van der Waals surface area contributed by atoms with Crippen LogP contribution < -0.4 is 10.4 Å². The van der Waals surface area contributed by atoms with E-state index in [-0.39, 0.29) is 11.0 Å². The highest BCUT2D eigenvalue weighted by atomic mass is 16.5. The topological polar surface area (TPSA) is 95.5 Å². The second-order valence-electron chi connectivity index (χ2n) is 8.29. The summed E-state index contributed by atoms with van der Waals surface area (Å²) < 4.78 is 4.76. The number of para-hydroxylation sites is 1. The minimum absolute atomic E-state index is 0.0348. The van der Waals surface area contributed by atoms with Crippen molar-refractivity contribution in [1.29, 1.82) is 0 Å². The van der Waals surface area contributed by atoms with Crippen LogP contribution in [0.15, 0.2) is 35.4 Å². The number of anilines is 1. The molecule has 1 N–H and O–H groups in total. The number of hydrogen-bond donors (Lipinski definition) is 1. The van der Waals surface area contributed by atoms with Crippen LogP contribution in [-0.2, 0) is 14.3 Å². The predicted octanol–water partition coefficient (Wildman–Crippen LogP) is 2.69. The lowest BCUT2D eigenvalue weighted by molar-refractivity contribution is -0.313. The number of ether oxygens (including phenoxy) is 1. The summed E-state index contributed by atoms with van der Waals surface area (Å²) in [5.74, 6) is -3.76. The van der Waals surface area contributed by atoms with Gasteiger partial charge in [-0.2, -0.15) is 0 Å². The summed E-state index contributed by atoms with van der Waals surface area (Å²) >= 11 is 0. The Labute approximate surface area is 165 Å². The molecule has 150 valence electrons. The van der Waals surface area contributed by atoms with E-state index in [1.54, 1.807) is 24.3 Å². The molecule has 0 aromatic heterocycles. The molecular formula is C22H26NO5-. The van der Waals surface area contributed by atoms with Crippen molar-refractivity contribution in [2.45, 2.75) is 46.0 Å². The van der Waals surface area contributed by atoms with Gasteiger partial charge in [-0.25, -0.2) is 4.79 Å². The number of methoxy groups -OCH3 is 1. The van der Waals surface area contributed by atoms with Crippen LogP contribution >= 0.6 is 0 Å². The number of nitrogens with one attached hydrogen (secondary N) is 1. The number of allylic oxidation sites excluding steroid dienone is 2. The Balaban J connectivity index is 1.89. The number of carboxylic acid groups (broad SMARTS) is 1. The molecule has 2 unspecified atom stereocenters. The maximum Gasteiger partial charge on any atom is 0.339 e. The maximum absolute atomic E-state index is 13.1. The molecule has 6 nitrogen and oxygen atoms in total. The van der Waals surface area contributed by atoms with Crippen LogP contribution in [0.1, 0.15) is 56.3 Å². The van der Waals surface area contributed by atoms with Gasteiger partial charge in [-0.1, -0.05) is 37.1 Å². The summed E-state index contributed by atoms with van der Waals surface area (Å²) in [4.78, 5) is 36.8. The van der Waals surface area contributed by atoms with Crippen molar-refractivity contribution < 1.29 is 24.2 Å². The molecule has 0 aliphatic heterocycles. The van der Waals surface area contributed by atoms with E-state index in [2.05, 4.69) is 19.2 Å². The summed E-state index contributed by atoms with van der Waals surface area (Å²) in [6.07, 6.45) is 3.73. The van der Waals surface area contributed by atoms with Crippen molar-refractivity contribution in [1.82, 2.24) is 0 Å². The Kier molecular flexibility index (Phi) is 5.59. The van der Waals surface area contributed by atoms with Gasteiger partial charge >= 0.3 is 5.97 Å². The number of esters is 1. The number of carboxylic acids is 1. The summed E-state index contributed by atoms with van der Waals surface area (Å²) in [6, 6.07) is 6.54. The third-order valence-corrected chi connectivity index (χ3v) is 6.13. The fourth-order valence-electron chi connectivity index (χ4n) is 4.57. The van der Waals surface area contributed by atoms with Crippen molar-refractivity contribution >= 4 is 23.5 Å². The Hall–Kier alpha value is -2.63. The fourth-order valence-corrected chi connectivity index (χ4v) is 4.57. The molecule has 2 atom stereocenters. The quantitative estimate of drug-likeness (QED) is 0.636. The average Bonchev–Trinajstić information content (AvgIpc) is 2.66. The molecule has 0 radical (unpaired) electrons. The highest BCUT2D eigenvalue weighted by Gasteiger charge is 2.41. The van der Waals surface area contributed by atoms with Crippen molar-refractivity contribution in [3.63, 3.8) is 0 Å². The Morgan fingerprint density at radius 2 is 1.86 bits per heavy atom. The molecule has 28 heavy (non-hydrogen) atoms. The summed E-state index contributed by atoms with van der Waals surface area (Å²) in [6.45, 7) is 4.31. The molecule has 2 aliphatic rings. The second-order valence-corrected chi connectivity index (χ2v) is 8.29. The third-order valence-electron chi connectivity index (χ3n) is 6.13. The molecule has 0 fully saturated rings. The first kappa shape index (κ1) is 20.1. The largest absolute Gasteiger partial charge is 0.550 e. The van der Waals surface area contributed by atoms with Gasteiger partial charge in [0.05, 0.1) is 24.3 Å². The maximum atomic E-state index is 13.1. The minimum atomic E-state index is -1.20. The molecule has 0 spiro atoms. The monoisotopic (exact) mass is 384 g/mol. The standard InChI is InChI=1S/C22H27NO5/c1-22(2)10-6-7-13-11-16(20(25)26)15(12-17(13)22)19(24)23-18-9-5-4-8-14(18)21(27)28-3/h4-5,8-9,15-16H,6-7,10-12H2,1-3H3,(H,23,24)(H,25,26)/p-1. The van der Waals surface area contributed by atoms with Crippen molar-refractivity contribution in [3.8, 4) is 0 Å².